The van der Waals surface area contributed by atoms with Crippen LogP contribution < -0.4 is 5.73 Å². The van der Waals surface area contributed by atoms with Crippen LogP contribution in [0.4, 0.5) is 5.69 Å². The van der Waals surface area contributed by atoms with Gasteiger partial charge in [-0.2, -0.15) is 5.10 Å². The third-order valence-electron chi connectivity index (χ3n) is 2.72. The fourth-order valence-corrected chi connectivity index (χ4v) is 1.70. The molecule has 0 aliphatic heterocycles. The van der Waals surface area contributed by atoms with E-state index >= 15 is 0 Å². The number of hydrogen-bond donors (Lipinski definition) is 1. The molecule has 0 fully saturated rings. The maximum Gasteiger partial charge on any atom is 0.244 e. The van der Waals surface area contributed by atoms with Crippen molar-refractivity contribution in [1.82, 2.24) is 14.7 Å². The molecule has 0 aliphatic carbocycles. The van der Waals surface area contributed by atoms with E-state index in [2.05, 4.69) is 5.10 Å². The topological polar surface area (TPSA) is 82.6 Å². The van der Waals surface area contributed by atoms with Crippen molar-refractivity contribution in [3.8, 4) is 0 Å². The van der Waals surface area contributed by atoms with Gasteiger partial charge in [0.2, 0.25) is 5.91 Å². The first-order chi connectivity index (χ1) is 9.67. The van der Waals surface area contributed by atoms with Crippen molar-refractivity contribution in [2.75, 3.05) is 45.3 Å². The molecule has 0 saturated heterocycles. The van der Waals surface area contributed by atoms with Gasteiger partial charge in [0.25, 0.3) is 0 Å². The lowest BCUT2D eigenvalue weighted by Crippen LogP contribution is -2.38. The van der Waals surface area contributed by atoms with Crippen LogP contribution in [0.5, 0.6) is 0 Å². The number of hydrogen-bond acceptors (Lipinski definition) is 5. The number of amides is 1. The van der Waals surface area contributed by atoms with Gasteiger partial charge < -0.3 is 20.1 Å². The molecule has 2 N–H and O–H groups in total. The Morgan fingerprint density at radius 2 is 1.90 bits per heavy atom. The number of nitrogen functional groups attached to an aromatic ring is 1. The molecule has 0 bridgehead atoms. The molecule has 0 radical (unpaired) electrons. The van der Waals surface area contributed by atoms with E-state index in [0.717, 1.165) is 0 Å². The van der Waals surface area contributed by atoms with Crippen molar-refractivity contribution in [1.29, 1.82) is 0 Å². The Labute approximate surface area is 119 Å². The Kier molecular flexibility index (Phi) is 7.67. The molecule has 1 aromatic heterocycles. The van der Waals surface area contributed by atoms with Crippen molar-refractivity contribution < 1.29 is 14.3 Å². The molecule has 1 heterocycles. The predicted molar refractivity (Wildman–Crippen MR) is 76.2 cm³/mol. The van der Waals surface area contributed by atoms with Gasteiger partial charge in [-0.1, -0.05) is 0 Å². The fraction of sp³-hybridized carbons (Fsp3) is 0.692. The van der Waals surface area contributed by atoms with Crippen LogP contribution in [0.2, 0.25) is 0 Å². The molecule has 7 nitrogen and oxygen atoms in total. The normalized spacial score (nSPS) is 10.7. The molecule has 0 unspecified atom stereocenters. The number of nitrogens with two attached hydrogens (primary N) is 1. The second kappa shape index (κ2) is 9.33. The highest BCUT2D eigenvalue weighted by Crippen LogP contribution is 2.00. The molecule has 1 aromatic rings. The summed E-state index contributed by atoms with van der Waals surface area (Å²) < 4.78 is 12.1. The van der Waals surface area contributed by atoms with E-state index in [0.29, 0.717) is 45.2 Å². The first kappa shape index (κ1) is 16.5. The SMILES string of the molecule is CCOCCN(CCOCC)C(=O)Cn1cc(N)cn1. The number of anilines is 1. The molecule has 0 atom stereocenters. The van der Waals surface area contributed by atoms with Crippen LogP contribution in [0, 0.1) is 0 Å². The first-order valence-corrected chi connectivity index (χ1v) is 6.88. The van der Waals surface area contributed by atoms with E-state index in [-0.39, 0.29) is 12.5 Å². The Morgan fingerprint density at radius 3 is 2.35 bits per heavy atom. The predicted octanol–water partition coefficient (Wildman–Crippen LogP) is 0.367. The summed E-state index contributed by atoms with van der Waals surface area (Å²) in [7, 11) is 0. The highest BCUT2D eigenvalue weighted by atomic mass is 16.5. The summed E-state index contributed by atoms with van der Waals surface area (Å²) >= 11 is 0. The number of nitrogens with zero attached hydrogens (tertiary/aromatic N) is 3. The van der Waals surface area contributed by atoms with E-state index in [1.54, 1.807) is 11.1 Å². The molecular formula is C13H24N4O3. The third kappa shape index (κ3) is 6.03. The summed E-state index contributed by atoms with van der Waals surface area (Å²) in [5.41, 5.74) is 6.13. The molecule has 7 heteroatoms. The standard InChI is InChI=1S/C13H24N4O3/c1-3-19-7-5-16(6-8-20-4-2)13(18)11-17-10-12(14)9-15-17/h9-10H,3-8,11,14H2,1-2H3. The number of rotatable bonds is 10. The first-order valence-electron chi connectivity index (χ1n) is 6.88. The Morgan fingerprint density at radius 1 is 1.30 bits per heavy atom. The Balaban J connectivity index is 2.48. The maximum atomic E-state index is 12.2. The van der Waals surface area contributed by atoms with Gasteiger partial charge in [-0.3, -0.25) is 9.48 Å². The number of ether oxygens (including phenoxy) is 2. The largest absolute Gasteiger partial charge is 0.396 e. The summed E-state index contributed by atoms with van der Waals surface area (Å²) in [6.07, 6.45) is 3.17. The number of aromatic nitrogens is 2. The third-order valence-corrected chi connectivity index (χ3v) is 2.72. The highest BCUT2D eigenvalue weighted by Gasteiger charge is 2.14. The van der Waals surface area contributed by atoms with Gasteiger partial charge in [0.15, 0.2) is 0 Å². The quantitative estimate of drug-likeness (QED) is 0.628. The van der Waals surface area contributed by atoms with Crippen LogP contribution >= 0.6 is 0 Å². The van der Waals surface area contributed by atoms with Gasteiger partial charge in [-0.05, 0) is 13.8 Å². The molecule has 0 aromatic carbocycles. The lowest BCUT2D eigenvalue weighted by Gasteiger charge is -2.22. The lowest BCUT2D eigenvalue weighted by molar-refractivity contribution is -0.133. The zero-order valence-corrected chi connectivity index (χ0v) is 12.2. The van der Waals surface area contributed by atoms with Crippen LogP contribution in [0.25, 0.3) is 0 Å². The highest BCUT2D eigenvalue weighted by molar-refractivity contribution is 5.76. The Bertz CT molecular complexity index is 385. The van der Waals surface area contributed by atoms with Gasteiger partial charge in [0.1, 0.15) is 6.54 Å². The van der Waals surface area contributed by atoms with E-state index < -0.39 is 0 Å². The van der Waals surface area contributed by atoms with Crippen molar-refractivity contribution >= 4 is 11.6 Å². The van der Waals surface area contributed by atoms with E-state index in [1.807, 2.05) is 13.8 Å². The van der Waals surface area contributed by atoms with Gasteiger partial charge >= 0.3 is 0 Å². The summed E-state index contributed by atoms with van der Waals surface area (Å²) in [6.45, 7) is 7.47. The zero-order valence-electron chi connectivity index (χ0n) is 12.2. The van der Waals surface area contributed by atoms with Crippen LogP contribution in [0.15, 0.2) is 12.4 Å². The van der Waals surface area contributed by atoms with Crippen LogP contribution in [0.1, 0.15) is 13.8 Å². The van der Waals surface area contributed by atoms with Gasteiger partial charge in [0, 0.05) is 32.5 Å². The number of carbonyl (C=O) groups is 1. The molecular weight excluding hydrogens is 260 g/mol. The summed E-state index contributed by atoms with van der Waals surface area (Å²) in [5, 5.41) is 4.01. The molecule has 1 rings (SSSR count). The van der Waals surface area contributed by atoms with Crippen LogP contribution in [-0.2, 0) is 20.8 Å². The zero-order chi connectivity index (χ0) is 14.8. The van der Waals surface area contributed by atoms with Crippen molar-refractivity contribution in [3.05, 3.63) is 12.4 Å². The van der Waals surface area contributed by atoms with Gasteiger partial charge in [-0.15, -0.1) is 0 Å². The minimum Gasteiger partial charge on any atom is -0.396 e. The molecule has 0 saturated carbocycles. The summed E-state index contributed by atoms with van der Waals surface area (Å²) in [4.78, 5) is 13.9. The molecule has 0 spiro atoms. The van der Waals surface area contributed by atoms with Crippen LogP contribution in [-0.4, -0.2) is 60.1 Å². The average Bonchev–Trinajstić information content (AvgIpc) is 2.82. The fourth-order valence-electron chi connectivity index (χ4n) is 1.70. The monoisotopic (exact) mass is 284 g/mol. The molecule has 20 heavy (non-hydrogen) atoms. The van der Waals surface area contributed by atoms with E-state index in [9.17, 15) is 4.79 Å². The van der Waals surface area contributed by atoms with Crippen LogP contribution in [0.3, 0.4) is 0 Å². The van der Waals surface area contributed by atoms with E-state index in [1.165, 1.54) is 10.9 Å². The minimum absolute atomic E-state index is 0.0208. The average molecular weight is 284 g/mol. The smallest absolute Gasteiger partial charge is 0.244 e. The summed E-state index contributed by atoms with van der Waals surface area (Å²) in [5.74, 6) is -0.0208. The van der Waals surface area contributed by atoms with Gasteiger partial charge in [0.05, 0.1) is 25.1 Å². The second-order valence-corrected chi connectivity index (χ2v) is 4.25. The van der Waals surface area contributed by atoms with Crippen molar-refractivity contribution in [3.63, 3.8) is 0 Å². The van der Waals surface area contributed by atoms with Crippen molar-refractivity contribution in [2.45, 2.75) is 20.4 Å². The second-order valence-electron chi connectivity index (χ2n) is 4.25. The van der Waals surface area contributed by atoms with Gasteiger partial charge in [-0.25, -0.2) is 0 Å². The maximum absolute atomic E-state index is 12.2. The van der Waals surface area contributed by atoms with E-state index in [4.69, 9.17) is 15.2 Å². The molecule has 0 aliphatic rings. The van der Waals surface area contributed by atoms with Crippen molar-refractivity contribution in [2.24, 2.45) is 0 Å². The molecule has 1 amide bonds. The summed E-state index contributed by atoms with van der Waals surface area (Å²) in [6, 6.07) is 0. The Hall–Kier alpha value is -1.60. The number of carbonyl (C=O) groups excluding carboxylic acids is 1. The lowest BCUT2D eigenvalue weighted by atomic mass is 10.4. The molecule has 114 valence electrons. The minimum atomic E-state index is -0.0208.